The highest BCUT2D eigenvalue weighted by Crippen LogP contribution is 2.60. The molecule has 0 unspecified atom stereocenters. The van der Waals surface area contributed by atoms with Crippen molar-refractivity contribution >= 4 is 13.6 Å². The van der Waals surface area contributed by atoms with Gasteiger partial charge in [-0.2, -0.15) is 57.1 Å². The predicted octanol–water partition coefficient (Wildman–Crippen LogP) is 7.69. The van der Waals surface area contributed by atoms with Gasteiger partial charge in [-0.3, -0.25) is 0 Å². The molecule has 0 amide bonds. The molecule has 186 valence electrons. The molecule has 0 aliphatic heterocycles. The van der Waals surface area contributed by atoms with E-state index >= 15 is 0 Å². The lowest BCUT2D eigenvalue weighted by atomic mass is 9.92. The van der Waals surface area contributed by atoms with E-state index in [0.29, 0.717) is 0 Å². The molecule has 0 saturated carbocycles. The summed E-state index contributed by atoms with van der Waals surface area (Å²) in [5.41, 5.74) is 1.04. The van der Waals surface area contributed by atoms with Gasteiger partial charge in [0, 0.05) is 11.6 Å². The summed E-state index contributed by atoms with van der Waals surface area (Å²) in [5.74, 6) is -35.2. The molecule has 1 rings (SSSR count). The third-order valence-electron chi connectivity index (χ3n) is 3.94. The zero-order valence-electron chi connectivity index (χ0n) is 16.9. The summed E-state index contributed by atoms with van der Waals surface area (Å²) in [6.45, 7) is 4.72. The van der Waals surface area contributed by atoms with E-state index in [0.717, 1.165) is 12.1 Å². The number of alkyl halides is 13. The van der Waals surface area contributed by atoms with E-state index in [1.54, 1.807) is 19.6 Å². The lowest BCUT2D eigenvalue weighted by molar-refractivity contribution is -0.436. The van der Waals surface area contributed by atoms with Gasteiger partial charge in [0.1, 0.15) is 8.07 Å². The SMILES string of the molecule is C[Si](C)(C)C#C/C(=C/C(F)(F)C(F)(F)C(F)(F)C(F)(F)C(F)(F)C(F)(F)F)c1ccccc1. The van der Waals surface area contributed by atoms with Crippen LogP contribution in [0.15, 0.2) is 36.4 Å². The molecule has 33 heavy (non-hydrogen) atoms. The fraction of sp³-hybridized carbons (Fsp3) is 0.474. The number of benzene rings is 1. The van der Waals surface area contributed by atoms with Crippen molar-refractivity contribution in [3.8, 4) is 11.5 Å². The first kappa shape index (κ1) is 28.9. The van der Waals surface area contributed by atoms with E-state index in [1.165, 1.54) is 18.2 Å². The summed E-state index contributed by atoms with van der Waals surface area (Å²) in [4.78, 5) is 0. The molecule has 0 fully saturated rings. The van der Waals surface area contributed by atoms with Crippen molar-refractivity contribution in [2.75, 3.05) is 0 Å². The van der Waals surface area contributed by atoms with Crippen molar-refractivity contribution < 1.29 is 57.1 Å². The van der Waals surface area contributed by atoms with E-state index in [4.69, 9.17) is 0 Å². The van der Waals surface area contributed by atoms with E-state index in [-0.39, 0.29) is 5.56 Å². The second-order valence-electron chi connectivity index (χ2n) is 7.84. The van der Waals surface area contributed by atoms with Gasteiger partial charge in [-0.15, -0.1) is 5.54 Å². The molecule has 0 atom stereocenters. The van der Waals surface area contributed by atoms with Gasteiger partial charge < -0.3 is 0 Å². The molecule has 0 nitrogen and oxygen atoms in total. The highest BCUT2D eigenvalue weighted by atomic mass is 28.3. The summed E-state index contributed by atoms with van der Waals surface area (Å²) in [6.07, 6.45) is -8.40. The third kappa shape index (κ3) is 5.33. The Hall–Kier alpha value is -2.17. The van der Waals surface area contributed by atoms with Crippen LogP contribution in [0.3, 0.4) is 0 Å². The van der Waals surface area contributed by atoms with E-state index in [1.807, 2.05) is 5.92 Å². The first-order chi connectivity index (χ1) is 14.4. The first-order valence-corrected chi connectivity index (χ1v) is 12.2. The van der Waals surface area contributed by atoms with Crippen molar-refractivity contribution in [2.45, 2.75) is 55.4 Å². The largest absolute Gasteiger partial charge is 0.460 e. The summed E-state index contributed by atoms with van der Waals surface area (Å²) < 4.78 is 173. The van der Waals surface area contributed by atoms with Crippen LogP contribution in [0.25, 0.3) is 5.57 Å². The van der Waals surface area contributed by atoms with Gasteiger partial charge in [-0.05, 0) is 5.56 Å². The van der Waals surface area contributed by atoms with Crippen molar-refractivity contribution in [3.05, 3.63) is 42.0 Å². The Morgan fingerprint density at radius 3 is 1.48 bits per heavy atom. The van der Waals surface area contributed by atoms with E-state index in [2.05, 4.69) is 5.54 Å². The smallest absolute Gasteiger partial charge is 0.195 e. The molecule has 0 aromatic heterocycles. The minimum Gasteiger partial charge on any atom is -0.195 e. The number of hydrogen-bond donors (Lipinski definition) is 0. The molecule has 0 heterocycles. The van der Waals surface area contributed by atoms with Crippen LogP contribution in [0.5, 0.6) is 0 Å². The zero-order chi connectivity index (χ0) is 26.3. The molecular weight excluding hydrogens is 503 g/mol. The number of hydrogen-bond acceptors (Lipinski definition) is 0. The van der Waals surface area contributed by atoms with Crippen LogP contribution >= 0.6 is 0 Å². The first-order valence-electron chi connectivity index (χ1n) is 8.69. The maximum atomic E-state index is 14.2. The number of rotatable bonds is 6. The number of halogens is 13. The van der Waals surface area contributed by atoms with Gasteiger partial charge in [0.25, 0.3) is 0 Å². The highest BCUT2D eigenvalue weighted by Gasteiger charge is 2.90. The van der Waals surface area contributed by atoms with Gasteiger partial charge >= 0.3 is 35.8 Å². The molecular formula is C19H15F13Si. The Morgan fingerprint density at radius 1 is 0.667 bits per heavy atom. The molecule has 0 spiro atoms. The van der Waals surface area contributed by atoms with E-state index in [9.17, 15) is 57.1 Å². The average molecular weight is 518 g/mol. The fourth-order valence-corrected chi connectivity index (χ4v) is 2.63. The quantitative estimate of drug-likeness (QED) is 0.206. The monoisotopic (exact) mass is 518 g/mol. The minimum absolute atomic E-state index is 0.352. The zero-order valence-corrected chi connectivity index (χ0v) is 17.9. The normalized spacial score (nSPS) is 15.2. The molecule has 0 bridgehead atoms. The van der Waals surface area contributed by atoms with Gasteiger partial charge in [0.2, 0.25) is 0 Å². The predicted molar refractivity (Wildman–Crippen MR) is 96.3 cm³/mol. The van der Waals surface area contributed by atoms with Crippen LogP contribution in [0, 0.1) is 11.5 Å². The third-order valence-corrected chi connectivity index (χ3v) is 4.82. The number of allylic oxidation sites excluding steroid dienone is 2. The lowest BCUT2D eigenvalue weighted by Gasteiger charge is -2.39. The van der Waals surface area contributed by atoms with Gasteiger partial charge in [0.15, 0.2) is 0 Å². The Labute approximate surface area is 180 Å². The average Bonchev–Trinajstić information content (AvgIpc) is 2.63. The summed E-state index contributed by atoms with van der Waals surface area (Å²) in [7, 11) is -2.41. The van der Waals surface area contributed by atoms with Crippen molar-refractivity contribution in [1.29, 1.82) is 0 Å². The fourth-order valence-electron chi connectivity index (χ4n) is 2.12. The van der Waals surface area contributed by atoms with Crippen LogP contribution in [-0.4, -0.2) is 43.9 Å². The van der Waals surface area contributed by atoms with Gasteiger partial charge in [0.05, 0.1) is 0 Å². The van der Waals surface area contributed by atoms with Crippen molar-refractivity contribution in [3.63, 3.8) is 0 Å². The molecule has 0 saturated heterocycles. The Kier molecular flexibility index (Phi) is 7.48. The lowest BCUT2D eigenvalue weighted by Crippen LogP contribution is -2.69. The standard InChI is InChI=1S/C19H15F13Si/c1-33(2,3)10-9-13(12-7-5-4-6-8-12)11-14(20,21)15(22,23)16(24,25)17(26,27)18(28,29)19(30,31)32/h4-8,11H,1-3H3/b13-11-. The molecule has 0 N–H and O–H groups in total. The summed E-state index contributed by atoms with van der Waals surface area (Å²) >= 11 is 0. The molecule has 0 aliphatic carbocycles. The van der Waals surface area contributed by atoms with Crippen LogP contribution in [0.2, 0.25) is 19.6 Å². The summed E-state index contributed by atoms with van der Waals surface area (Å²) in [6, 6.07) is 5.77. The molecule has 1 aromatic rings. The highest BCUT2D eigenvalue weighted by molar-refractivity contribution is 6.84. The molecule has 14 heteroatoms. The van der Waals surface area contributed by atoms with Crippen LogP contribution in [0.4, 0.5) is 57.1 Å². The van der Waals surface area contributed by atoms with Gasteiger partial charge in [-0.1, -0.05) is 55.9 Å². The van der Waals surface area contributed by atoms with Crippen LogP contribution < -0.4 is 0 Å². The van der Waals surface area contributed by atoms with Crippen LogP contribution in [0.1, 0.15) is 5.56 Å². The second kappa shape index (κ2) is 8.55. The molecule has 0 aliphatic rings. The topological polar surface area (TPSA) is 0 Å². The minimum atomic E-state index is -7.93. The molecule has 1 aromatic carbocycles. The van der Waals surface area contributed by atoms with Gasteiger partial charge in [-0.25, -0.2) is 0 Å². The van der Waals surface area contributed by atoms with Crippen molar-refractivity contribution in [1.82, 2.24) is 0 Å². The van der Waals surface area contributed by atoms with Crippen molar-refractivity contribution in [2.24, 2.45) is 0 Å². The summed E-state index contributed by atoms with van der Waals surface area (Å²) in [5, 5.41) is 0. The molecule has 0 radical (unpaired) electrons. The van der Waals surface area contributed by atoms with E-state index < -0.39 is 55.5 Å². The second-order valence-corrected chi connectivity index (χ2v) is 12.6. The Morgan fingerprint density at radius 2 is 1.09 bits per heavy atom. The Balaban J connectivity index is 3.73. The maximum Gasteiger partial charge on any atom is 0.460 e. The maximum absolute atomic E-state index is 14.2. The Bertz CT molecular complexity index is 926. The van der Waals surface area contributed by atoms with Crippen LogP contribution in [-0.2, 0) is 0 Å².